The summed E-state index contributed by atoms with van der Waals surface area (Å²) in [5.41, 5.74) is 0.863. The van der Waals surface area contributed by atoms with Crippen molar-refractivity contribution in [1.82, 2.24) is 5.32 Å². The zero-order valence-electron chi connectivity index (χ0n) is 9.56. The van der Waals surface area contributed by atoms with Crippen molar-refractivity contribution >= 4 is 11.5 Å². The molecule has 1 N–H and O–H groups in total. The molecule has 0 saturated heterocycles. The minimum Gasteiger partial charge on any atom is -0.369 e. The molecule has 0 aromatic heterocycles. The van der Waals surface area contributed by atoms with Crippen LogP contribution in [0.2, 0.25) is 0 Å². The van der Waals surface area contributed by atoms with Crippen molar-refractivity contribution in [2.45, 2.75) is 25.8 Å². The van der Waals surface area contributed by atoms with Crippen LogP contribution in [0.5, 0.6) is 0 Å². The fourth-order valence-corrected chi connectivity index (χ4v) is 1.88. The normalized spacial score (nSPS) is 15.2. The van der Waals surface area contributed by atoms with E-state index in [1.54, 1.807) is 12.1 Å². The second kappa shape index (κ2) is 5.43. The van der Waals surface area contributed by atoms with Gasteiger partial charge in [-0.15, -0.1) is 0 Å². The van der Waals surface area contributed by atoms with E-state index in [9.17, 15) is 10.1 Å². The first-order valence-corrected chi connectivity index (χ1v) is 5.77. The summed E-state index contributed by atoms with van der Waals surface area (Å²) in [4.78, 5) is 14.8. The van der Waals surface area contributed by atoms with Crippen molar-refractivity contribution in [1.29, 1.82) is 0 Å². The van der Waals surface area contributed by atoms with Crippen LogP contribution < -0.4 is 5.32 Å². The van der Waals surface area contributed by atoms with Crippen molar-refractivity contribution in [3.63, 3.8) is 0 Å². The Morgan fingerprint density at radius 2 is 2.18 bits per heavy atom. The third kappa shape index (κ3) is 3.03. The van der Waals surface area contributed by atoms with Gasteiger partial charge in [0.05, 0.1) is 10.8 Å². The van der Waals surface area contributed by atoms with Gasteiger partial charge in [0.15, 0.2) is 0 Å². The molecular weight excluding hydrogens is 218 g/mol. The average molecular weight is 233 g/mol. The molecule has 0 bridgehead atoms. The van der Waals surface area contributed by atoms with E-state index in [-0.39, 0.29) is 10.6 Å². The third-order valence-corrected chi connectivity index (χ3v) is 2.80. The Labute approximate surface area is 99.7 Å². The van der Waals surface area contributed by atoms with Gasteiger partial charge in [-0.05, 0) is 12.8 Å². The van der Waals surface area contributed by atoms with Crippen LogP contribution in [0.4, 0.5) is 5.69 Å². The number of hydrogen-bond acceptors (Lipinski definition) is 4. The molecule has 0 spiro atoms. The van der Waals surface area contributed by atoms with E-state index >= 15 is 0 Å². The highest BCUT2D eigenvalue weighted by atomic mass is 16.6. The highest BCUT2D eigenvalue weighted by molar-refractivity contribution is 5.82. The van der Waals surface area contributed by atoms with Gasteiger partial charge in [-0.1, -0.05) is 18.2 Å². The van der Waals surface area contributed by atoms with Crippen LogP contribution in [0, 0.1) is 10.1 Å². The van der Waals surface area contributed by atoms with Gasteiger partial charge in [0, 0.05) is 31.1 Å². The molecule has 0 saturated carbocycles. The summed E-state index contributed by atoms with van der Waals surface area (Å²) >= 11 is 0. The van der Waals surface area contributed by atoms with E-state index in [0.717, 1.165) is 31.6 Å². The second-order valence-corrected chi connectivity index (χ2v) is 4.02. The molecule has 1 aliphatic heterocycles. The number of rotatable bonds is 3. The Morgan fingerprint density at radius 1 is 1.35 bits per heavy atom. The van der Waals surface area contributed by atoms with Crippen LogP contribution in [-0.2, 0) is 6.54 Å². The topological polar surface area (TPSA) is 67.5 Å². The number of nitro benzene ring substituents is 1. The van der Waals surface area contributed by atoms with Crippen molar-refractivity contribution in [2.75, 3.05) is 6.54 Å². The van der Waals surface area contributed by atoms with E-state index in [1.165, 1.54) is 6.07 Å². The lowest BCUT2D eigenvalue weighted by molar-refractivity contribution is -0.385. The van der Waals surface area contributed by atoms with Crippen molar-refractivity contribution < 1.29 is 4.92 Å². The summed E-state index contributed by atoms with van der Waals surface area (Å²) in [6.45, 7) is 1.33. The smallest absolute Gasteiger partial charge is 0.274 e. The Bertz CT molecular complexity index is 443. The summed E-state index contributed by atoms with van der Waals surface area (Å²) < 4.78 is 0. The molecule has 5 nitrogen and oxygen atoms in total. The SMILES string of the molecule is O=[N+]([O-])c1ccccc1CNC1=NCCCC1. The molecule has 0 fully saturated rings. The summed E-state index contributed by atoms with van der Waals surface area (Å²) in [6, 6.07) is 6.79. The van der Waals surface area contributed by atoms with Crippen LogP contribution in [0.25, 0.3) is 0 Å². The monoisotopic (exact) mass is 233 g/mol. The number of aliphatic imine (C=N–C) groups is 1. The number of para-hydroxylation sites is 1. The number of benzene rings is 1. The number of hydrogen-bond donors (Lipinski definition) is 1. The molecule has 1 aromatic rings. The summed E-state index contributed by atoms with van der Waals surface area (Å²) in [5, 5.41) is 14.0. The number of nitrogens with zero attached hydrogens (tertiary/aromatic N) is 2. The summed E-state index contributed by atoms with van der Waals surface area (Å²) in [7, 11) is 0. The maximum atomic E-state index is 10.8. The maximum Gasteiger partial charge on any atom is 0.274 e. The molecule has 0 aliphatic carbocycles. The zero-order chi connectivity index (χ0) is 12.1. The van der Waals surface area contributed by atoms with Gasteiger partial charge in [-0.2, -0.15) is 0 Å². The highest BCUT2D eigenvalue weighted by Crippen LogP contribution is 2.17. The quantitative estimate of drug-likeness (QED) is 0.643. The molecule has 1 aliphatic rings. The minimum absolute atomic E-state index is 0.163. The molecule has 1 heterocycles. The summed E-state index contributed by atoms with van der Waals surface area (Å²) in [5.74, 6) is 0.967. The zero-order valence-corrected chi connectivity index (χ0v) is 9.56. The number of nitrogens with one attached hydrogen (secondary N) is 1. The van der Waals surface area contributed by atoms with Gasteiger partial charge in [-0.3, -0.25) is 15.1 Å². The van der Waals surface area contributed by atoms with Crippen molar-refractivity contribution in [3.05, 3.63) is 39.9 Å². The van der Waals surface area contributed by atoms with E-state index in [4.69, 9.17) is 0 Å². The first-order valence-electron chi connectivity index (χ1n) is 5.77. The molecule has 0 amide bonds. The van der Waals surface area contributed by atoms with Crippen LogP contribution in [-0.4, -0.2) is 17.3 Å². The van der Waals surface area contributed by atoms with Crippen LogP contribution in [0.15, 0.2) is 29.3 Å². The van der Waals surface area contributed by atoms with Crippen LogP contribution in [0.3, 0.4) is 0 Å². The molecule has 1 aromatic carbocycles. The predicted molar refractivity (Wildman–Crippen MR) is 66.1 cm³/mol. The Balaban J connectivity index is 2.03. The maximum absolute atomic E-state index is 10.8. The van der Waals surface area contributed by atoms with Crippen LogP contribution in [0.1, 0.15) is 24.8 Å². The van der Waals surface area contributed by atoms with Crippen LogP contribution >= 0.6 is 0 Å². The third-order valence-electron chi connectivity index (χ3n) is 2.80. The lowest BCUT2D eigenvalue weighted by Crippen LogP contribution is -2.25. The Kier molecular flexibility index (Phi) is 3.69. The van der Waals surface area contributed by atoms with Gasteiger partial charge >= 0.3 is 0 Å². The van der Waals surface area contributed by atoms with E-state index < -0.39 is 0 Å². The van der Waals surface area contributed by atoms with Gasteiger partial charge < -0.3 is 5.32 Å². The fraction of sp³-hybridized carbons (Fsp3) is 0.417. The lowest BCUT2D eigenvalue weighted by Gasteiger charge is -2.13. The van der Waals surface area contributed by atoms with Gasteiger partial charge in [0.25, 0.3) is 5.69 Å². The van der Waals surface area contributed by atoms with Gasteiger partial charge in [-0.25, -0.2) is 0 Å². The largest absolute Gasteiger partial charge is 0.369 e. The first-order chi connectivity index (χ1) is 8.27. The second-order valence-electron chi connectivity index (χ2n) is 4.02. The highest BCUT2D eigenvalue weighted by Gasteiger charge is 2.12. The molecule has 0 atom stereocenters. The molecule has 2 rings (SSSR count). The molecule has 5 heteroatoms. The van der Waals surface area contributed by atoms with Crippen molar-refractivity contribution in [3.8, 4) is 0 Å². The van der Waals surface area contributed by atoms with Gasteiger partial charge in [0.2, 0.25) is 0 Å². The standard InChI is InChI=1S/C12H15N3O2/c16-15(17)11-6-2-1-5-10(11)9-14-12-7-3-4-8-13-12/h1-2,5-6H,3-4,7-9H2,(H,13,14). The molecule has 90 valence electrons. The number of nitro groups is 1. The van der Waals surface area contributed by atoms with Gasteiger partial charge in [0.1, 0.15) is 0 Å². The summed E-state index contributed by atoms with van der Waals surface area (Å²) in [6.07, 6.45) is 3.22. The lowest BCUT2D eigenvalue weighted by atomic mass is 10.1. The molecular formula is C12H15N3O2. The molecule has 0 radical (unpaired) electrons. The minimum atomic E-state index is -0.348. The average Bonchev–Trinajstić information content (AvgIpc) is 2.38. The van der Waals surface area contributed by atoms with E-state index in [2.05, 4.69) is 10.3 Å². The van der Waals surface area contributed by atoms with E-state index in [1.807, 2.05) is 6.07 Å². The number of amidine groups is 1. The fourth-order valence-electron chi connectivity index (χ4n) is 1.88. The predicted octanol–water partition coefficient (Wildman–Crippen LogP) is 2.27. The Morgan fingerprint density at radius 3 is 2.88 bits per heavy atom. The Hall–Kier alpha value is -1.91. The molecule has 17 heavy (non-hydrogen) atoms. The molecule has 0 unspecified atom stereocenters. The van der Waals surface area contributed by atoms with E-state index in [0.29, 0.717) is 12.1 Å². The first kappa shape index (κ1) is 11.6. The van der Waals surface area contributed by atoms with Crippen molar-refractivity contribution in [2.24, 2.45) is 4.99 Å².